The van der Waals surface area contributed by atoms with Gasteiger partial charge in [-0.1, -0.05) is 206 Å². The van der Waals surface area contributed by atoms with Crippen molar-refractivity contribution in [1.29, 1.82) is 0 Å². The molecule has 75 heavy (non-hydrogen) atoms. The molecule has 0 saturated carbocycles. The Kier molecular flexibility index (Phi) is 14.3. The number of hydrogen-bond donors (Lipinski definition) is 0. The maximum atomic E-state index is 8.23. The van der Waals surface area contributed by atoms with Crippen molar-refractivity contribution in [3.8, 4) is 11.1 Å². The summed E-state index contributed by atoms with van der Waals surface area (Å²) < 4.78 is 1.23. The highest BCUT2D eigenvalue weighted by Crippen LogP contribution is 2.52. The summed E-state index contributed by atoms with van der Waals surface area (Å²) in [5, 5.41) is 4.14. The van der Waals surface area contributed by atoms with Crippen molar-refractivity contribution in [2.75, 3.05) is 14.7 Å². The van der Waals surface area contributed by atoms with Gasteiger partial charge in [-0.2, -0.15) is 0 Å². The zero-order valence-electron chi connectivity index (χ0n) is 47.0. The topological polar surface area (TPSA) is 9.72 Å². The molecule has 0 atom stereocenters. The number of anilines is 9. The van der Waals surface area contributed by atoms with E-state index in [0.717, 1.165) is 62.3 Å². The SMILES string of the molecule is CC(C)(C)c1ccc(N(c2ccc(C(C)(C)C)cc2)c2cccc(N(c3ccc(C(C)(C)C)cc3-c3ccccc3)c3cccc(N(c4ccc(C(C)(C)C)cc4)c4csc5ccc(C(C)(C)C)cc45)c3Cl)c2)cc1. The third-order valence-corrected chi connectivity index (χ3v) is 15.9. The summed E-state index contributed by atoms with van der Waals surface area (Å²) in [6.07, 6.45) is 0. The van der Waals surface area contributed by atoms with E-state index < -0.39 is 0 Å². The van der Waals surface area contributed by atoms with E-state index in [2.05, 4.69) is 306 Å². The van der Waals surface area contributed by atoms with Gasteiger partial charge in [-0.25, -0.2) is 0 Å². The van der Waals surface area contributed by atoms with Gasteiger partial charge in [0.1, 0.15) is 0 Å². The van der Waals surface area contributed by atoms with Crippen LogP contribution in [0.15, 0.2) is 187 Å². The Morgan fingerprint density at radius 2 is 0.720 bits per heavy atom. The van der Waals surface area contributed by atoms with Crippen LogP contribution in [0.2, 0.25) is 5.02 Å². The summed E-state index contributed by atoms with van der Waals surface area (Å²) in [7, 11) is 0. The van der Waals surface area contributed by atoms with Crippen molar-refractivity contribution in [3.63, 3.8) is 0 Å². The molecule has 9 rings (SSSR count). The number of halogens is 1. The molecule has 1 aromatic heterocycles. The Hall–Kier alpha value is -6.59. The summed E-state index contributed by atoms with van der Waals surface area (Å²) in [6, 6.07) is 67.5. The first-order valence-electron chi connectivity index (χ1n) is 26.6. The quantitative estimate of drug-likeness (QED) is 0.135. The average Bonchev–Trinajstić information content (AvgIpc) is 3.78. The Morgan fingerprint density at radius 3 is 1.20 bits per heavy atom. The van der Waals surface area contributed by atoms with Crippen molar-refractivity contribution in [3.05, 3.63) is 220 Å². The molecule has 1 heterocycles. The molecule has 0 bridgehead atoms. The highest BCUT2D eigenvalue weighted by Gasteiger charge is 2.29. The molecule has 0 unspecified atom stereocenters. The minimum Gasteiger partial charge on any atom is -0.310 e. The van der Waals surface area contributed by atoms with Crippen LogP contribution in [0.25, 0.3) is 21.2 Å². The number of hydrogen-bond acceptors (Lipinski definition) is 4. The van der Waals surface area contributed by atoms with E-state index in [1.165, 1.54) is 37.9 Å². The molecule has 0 saturated heterocycles. The average molecular weight is 1030 g/mol. The largest absolute Gasteiger partial charge is 0.310 e. The highest BCUT2D eigenvalue weighted by atomic mass is 35.5. The van der Waals surface area contributed by atoms with Gasteiger partial charge in [-0.15, -0.1) is 11.3 Å². The van der Waals surface area contributed by atoms with Crippen LogP contribution in [0.1, 0.15) is 132 Å². The number of benzene rings is 8. The monoisotopic (exact) mass is 1030 g/mol. The molecule has 0 aliphatic carbocycles. The molecule has 0 aliphatic rings. The van der Waals surface area contributed by atoms with Crippen LogP contribution in [-0.4, -0.2) is 0 Å². The Bertz CT molecular complexity index is 3380. The van der Waals surface area contributed by atoms with Gasteiger partial charge in [0, 0.05) is 49.5 Å². The number of nitrogens with zero attached hydrogens (tertiary/aromatic N) is 3. The fraction of sp³-hybridized carbons (Fsp3) is 0.286. The normalized spacial score (nSPS) is 12.5. The van der Waals surface area contributed by atoms with E-state index >= 15 is 0 Å². The molecule has 384 valence electrons. The van der Waals surface area contributed by atoms with Gasteiger partial charge in [-0.05, 0) is 151 Å². The van der Waals surface area contributed by atoms with Crippen molar-refractivity contribution < 1.29 is 0 Å². The van der Waals surface area contributed by atoms with E-state index in [-0.39, 0.29) is 27.1 Å². The van der Waals surface area contributed by atoms with Gasteiger partial charge in [0.2, 0.25) is 0 Å². The number of fused-ring (bicyclic) bond motifs is 1. The van der Waals surface area contributed by atoms with Gasteiger partial charge >= 0.3 is 0 Å². The van der Waals surface area contributed by atoms with Crippen LogP contribution in [-0.2, 0) is 27.1 Å². The lowest BCUT2D eigenvalue weighted by molar-refractivity contribution is 0.590. The molecule has 0 amide bonds. The third kappa shape index (κ3) is 11.2. The molecule has 8 aromatic carbocycles. The molecule has 9 aromatic rings. The van der Waals surface area contributed by atoms with E-state index in [1.54, 1.807) is 11.3 Å². The smallest absolute Gasteiger partial charge is 0.0887 e. The number of thiophene rings is 1. The van der Waals surface area contributed by atoms with Crippen LogP contribution in [0, 0.1) is 0 Å². The van der Waals surface area contributed by atoms with Gasteiger partial charge in [-0.3, -0.25) is 0 Å². The molecule has 0 fully saturated rings. The number of rotatable bonds is 10. The highest BCUT2D eigenvalue weighted by molar-refractivity contribution is 7.17. The molecular weight excluding hydrogens is 950 g/mol. The molecule has 3 nitrogen and oxygen atoms in total. The lowest BCUT2D eigenvalue weighted by Gasteiger charge is -2.34. The van der Waals surface area contributed by atoms with Crippen molar-refractivity contribution in [1.82, 2.24) is 0 Å². The van der Waals surface area contributed by atoms with E-state index in [4.69, 9.17) is 11.6 Å². The zero-order valence-corrected chi connectivity index (χ0v) is 48.6. The third-order valence-electron chi connectivity index (χ3n) is 14.6. The van der Waals surface area contributed by atoms with E-state index in [1.807, 2.05) is 0 Å². The predicted molar refractivity (Wildman–Crippen MR) is 330 cm³/mol. The lowest BCUT2D eigenvalue weighted by Crippen LogP contribution is -2.17. The Balaban J connectivity index is 1.31. The van der Waals surface area contributed by atoms with Gasteiger partial charge in [0.15, 0.2) is 0 Å². The molecule has 0 radical (unpaired) electrons. The molecule has 0 spiro atoms. The van der Waals surface area contributed by atoms with Crippen LogP contribution in [0.3, 0.4) is 0 Å². The van der Waals surface area contributed by atoms with Crippen molar-refractivity contribution in [2.24, 2.45) is 0 Å². The van der Waals surface area contributed by atoms with Gasteiger partial charge in [0.05, 0.1) is 27.8 Å². The standard InChI is InChI=1S/C70H76ClN3S/c1-66(2,3)48-27-35-53(36-28-48)72(54-37-29-49(30-38-54)67(4,5)6)56-23-19-24-57(45-56)74(60-41-33-51(69(10,11)12)43-58(60)47-21-17-16-18-22-47)62-26-20-25-61(65(62)71)73(55-39-31-50(32-40-55)68(7,8)9)63-46-75-64-42-34-52(44-59(63)64)70(13,14)15/h16-46H,1-15H3. The second-order valence-corrected chi connectivity index (χ2v) is 26.7. The summed E-state index contributed by atoms with van der Waals surface area (Å²) in [4.78, 5) is 7.15. The zero-order chi connectivity index (χ0) is 53.8. The van der Waals surface area contributed by atoms with Gasteiger partial charge < -0.3 is 14.7 Å². The fourth-order valence-corrected chi connectivity index (χ4v) is 11.1. The second kappa shape index (κ2) is 20.2. The molecule has 5 heteroatoms. The molecule has 0 aliphatic heterocycles. The fourth-order valence-electron chi connectivity index (χ4n) is 9.92. The minimum absolute atomic E-state index is 0.00696. The first-order valence-corrected chi connectivity index (χ1v) is 27.9. The Labute approximate surface area is 458 Å². The minimum atomic E-state index is -0.0881. The van der Waals surface area contributed by atoms with Crippen molar-refractivity contribution >= 4 is 84.2 Å². The molecular formula is C70H76ClN3S. The first kappa shape index (κ1) is 53.2. The summed E-state index contributed by atoms with van der Waals surface area (Å²) >= 11 is 10.0. The summed E-state index contributed by atoms with van der Waals surface area (Å²) in [5.41, 5.74) is 17.7. The van der Waals surface area contributed by atoms with E-state index in [9.17, 15) is 0 Å². The summed E-state index contributed by atoms with van der Waals surface area (Å²) in [5.74, 6) is 0. The summed E-state index contributed by atoms with van der Waals surface area (Å²) in [6.45, 7) is 34.2. The Morgan fingerprint density at radius 1 is 0.320 bits per heavy atom. The predicted octanol–water partition coefficient (Wildman–Crippen LogP) is 22.1. The van der Waals surface area contributed by atoms with Crippen LogP contribution < -0.4 is 14.7 Å². The second-order valence-electron chi connectivity index (χ2n) is 25.5. The van der Waals surface area contributed by atoms with Gasteiger partial charge in [0.25, 0.3) is 0 Å². The molecule has 0 N–H and O–H groups in total. The van der Waals surface area contributed by atoms with E-state index in [0.29, 0.717) is 5.02 Å². The van der Waals surface area contributed by atoms with Crippen molar-refractivity contribution in [2.45, 2.75) is 131 Å². The maximum absolute atomic E-state index is 8.23. The van der Waals surface area contributed by atoms with Crippen LogP contribution in [0.5, 0.6) is 0 Å². The maximum Gasteiger partial charge on any atom is 0.0887 e. The van der Waals surface area contributed by atoms with Crippen LogP contribution >= 0.6 is 22.9 Å². The lowest BCUT2D eigenvalue weighted by atomic mass is 9.84. The first-order chi connectivity index (χ1) is 35.3. The van der Waals surface area contributed by atoms with Crippen LogP contribution in [0.4, 0.5) is 51.2 Å².